The lowest BCUT2D eigenvalue weighted by atomic mass is 10.1. The van der Waals surface area contributed by atoms with Gasteiger partial charge in [-0.2, -0.15) is 0 Å². The molecule has 0 atom stereocenters. The molecule has 4 rings (SSSR count). The van der Waals surface area contributed by atoms with E-state index in [9.17, 15) is 4.79 Å². The number of aromatic nitrogens is 1. The van der Waals surface area contributed by atoms with Gasteiger partial charge in [0.1, 0.15) is 5.76 Å². The molecular weight excluding hydrogens is 354 g/mol. The molecule has 1 aliphatic heterocycles. The largest absolute Gasteiger partial charge is 0.458 e. The second-order valence-electron chi connectivity index (χ2n) is 6.13. The van der Waals surface area contributed by atoms with E-state index in [1.165, 1.54) is 0 Å². The van der Waals surface area contributed by atoms with Gasteiger partial charge < -0.3 is 19.8 Å². The number of furan rings is 1. The first-order valence-corrected chi connectivity index (χ1v) is 8.79. The van der Waals surface area contributed by atoms with Crippen LogP contribution in [0.1, 0.15) is 16.1 Å². The summed E-state index contributed by atoms with van der Waals surface area (Å²) in [5.74, 6) is 0.654. The topological polar surface area (TPSA) is 81.6 Å². The van der Waals surface area contributed by atoms with Crippen LogP contribution in [0.2, 0.25) is 5.02 Å². The lowest BCUT2D eigenvalue weighted by Crippen LogP contribution is -2.40. The van der Waals surface area contributed by atoms with Crippen molar-refractivity contribution in [3.63, 3.8) is 0 Å². The van der Waals surface area contributed by atoms with Crippen molar-refractivity contribution in [2.75, 3.05) is 26.3 Å². The van der Waals surface area contributed by atoms with Crippen LogP contribution in [0.4, 0.5) is 0 Å². The zero-order valence-electron chi connectivity index (χ0n) is 14.1. The molecule has 1 aliphatic rings. The van der Waals surface area contributed by atoms with Gasteiger partial charge in [-0.25, -0.2) is 0 Å². The van der Waals surface area contributed by atoms with Gasteiger partial charge in [0.05, 0.1) is 36.0 Å². The molecule has 0 bridgehead atoms. The van der Waals surface area contributed by atoms with Crippen LogP contribution < -0.4 is 5.73 Å². The molecule has 0 aliphatic carbocycles. The highest BCUT2D eigenvalue weighted by Gasteiger charge is 2.19. The van der Waals surface area contributed by atoms with Gasteiger partial charge in [-0.15, -0.1) is 0 Å². The summed E-state index contributed by atoms with van der Waals surface area (Å²) in [5.41, 5.74) is 8.41. The fourth-order valence-corrected chi connectivity index (χ4v) is 3.32. The Morgan fingerprint density at radius 2 is 2.04 bits per heavy atom. The number of carbonyl (C=O) groups is 1. The average molecular weight is 372 g/mol. The number of fused-ring (bicyclic) bond motifs is 1. The predicted molar refractivity (Wildman–Crippen MR) is 99.1 cm³/mol. The number of amides is 1. The molecule has 3 heterocycles. The number of ether oxygens (including phenoxy) is 1. The molecule has 1 saturated heterocycles. The Labute approximate surface area is 155 Å². The van der Waals surface area contributed by atoms with Crippen LogP contribution in [0.3, 0.4) is 0 Å². The van der Waals surface area contributed by atoms with E-state index >= 15 is 0 Å². The summed E-state index contributed by atoms with van der Waals surface area (Å²) in [6.45, 7) is 2.68. The van der Waals surface area contributed by atoms with Crippen molar-refractivity contribution in [1.82, 2.24) is 9.88 Å². The third kappa shape index (κ3) is 3.19. The molecule has 7 heteroatoms. The lowest BCUT2D eigenvalue weighted by Gasteiger charge is -2.26. The molecule has 0 radical (unpaired) electrons. The van der Waals surface area contributed by atoms with Gasteiger partial charge in [0, 0.05) is 30.2 Å². The van der Waals surface area contributed by atoms with Crippen molar-refractivity contribution in [3.05, 3.63) is 52.9 Å². The van der Waals surface area contributed by atoms with Gasteiger partial charge in [-0.1, -0.05) is 11.6 Å². The minimum absolute atomic E-state index is 0.0248. The highest BCUT2D eigenvalue weighted by molar-refractivity contribution is 6.35. The Kier molecular flexibility index (Phi) is 4.63. The highest BCUT2D eigenvalue weighted by Crippen LogP contribution is 2.32. The Bertz CT molecular complexity index is 947. The normalized spacial score (nSPS) is 14.8. The van der Waals surface area contributed by atoms with Gasteiger partial charge >= 0.3 is 0 Å². The third-order valence-corrected chi connectivity index (χ3v) is 4.71. The molecule has 3 aromatic rings. The number of hydrogen-bond donors (Lipinski definition) is 1. The van der Waals surface area contributed by atoms with Gasteiger partial charge in [0.2, 0.25) is 0 Å². The van der Waals surface area contributed by atoms with Crippen LogP contribution in [0, 0.1) is 0 Å². The van der Waals surface area contributed by atoms with Crippen LogP contribution in [0.5, 0.6) is 0 Å². The van der Waals surface area contributed by atoms with Gasteiger partial charge in [-0.05, 0) is 30.3 Å². The second-order valence-corrected chi connectivity index (χ2v) is 6.54. The van der Waals surface area contributed by atoms with Crippen LogP contribution in [0.25, 0.3) is 22.2 Å². The first-order valence-electron chi connectivity index (χ1n) is 8.41. The lowest BCUT2D eigenvalue weighted by molar-refractivity contribution is 0.0302. The van der Waals surface area contributed by atoms with Crippen LogP contribution in [-0.4, -0.2) is 42.1 Å². The monoisotopic (exact) mass is 371 g/mol. The highest BCUT2D eigenvalue weighted by atomic mass is 35.5. The van der Waals surface area contributed by atoms with Crippen molar-refractivity contribution in [2.45, 2.75) is 6.54 Å². The van der Waals surface area contributed by atoms with Crippen molar-refractivity contribution in [3.8, 4) is 11.3 Å². The van der Waals surface area contributed by atoms with Crippen molar-refractivity contribution in [2.24, 2.45) is 5.73 Å². The summed E-state index contributed by atoms with van der Waals surface area (Å²) in [6, 6.07) is 9.25. The number of pyridine rings is 1. The molecule has 1 amide bonds. The second kappa shape index (κ2) is 7.07. The fourth-order valence-electron chi connectivity index (χ4n) is 3.05. The summed E-state index contributed by atoms with van der Waals surface area (Å²) in [7, 11) is 0. The molecule has 0 spiro atoms. The summed E-state index contributed by atoms with van der Waals surface area (Å²) in [5, 5.41) is 1.38. The Balaban J connectivity index is 1.62. The zero-order valence-corrected chi connectivity index (χ0v) is 14.8. The smallest absolute Gasteiger partial charge is 0.255 e. The maximum atomic E-state index is 12.5. The van der Waals surface area contributed by atoms with Gasteiger partial charge in [0.15, 0.2) is 5.58 Å². The molecule has 1 fully saturated rings. The van der Waals surface area contributed by atoms with Gasteiger partial charge in [-0.3, -0.25) is 9.78 Å². The molecule has 0 unspecified atom stereocenters. The number of carbonyl (C=O) groups excluding carboxylic acids is 1. The maximum absolute atomic E-state index is 12.5. The minimum atomic E-state index is -0.0248. The molecule has 134 valence electrons. The first-order chi connectivity index (χ1) is 12.7. The van der Waals surface area contributed by atoms with E-state index in [-0.39, 0.29) is 5.91 Å². The van der Waals surface area contributed by atoms with E-state index < -0.39 is 0 Å². The zero-order chi connectivity index (χ0) is 18.1. The average Bonchev–Trinajstić information content (AvgIpc) is 3.12. The van der Waals surface area contributed by atoms with Crippen LogP contribution in [0.15, 0.2) is 40.9 Å². The Morgan fingerprint density at radius 1 is 1.23 bits per heavy atom. The molecule has 1 aromatic carbocycles. The maximum Gasteiger partial charge on any atom is 0.255 e. The number of nitrogens with two attached hydrogens (primary N) is 1. The van der Waals surface area contributed by atoms with E-state index in [0.717, 1.165) is 16.6 Å². The number of hydrogen-bond acceptors (Lipinski definition) is 5. The fraction of sp³-hybridized carbons (Fsp3) is 0.263. The minimum Gasteiger partial charge on any atom is -0.458 e. The number of morpholine rings is 1. The van der Waals surface area contributed by atoms with Gasteiger partial charge in [0.25, 0.3) is 5.91 Å². The van der Waals surface area contributed by atoms with Crippen molar-refractivity contribution >= 4 is 28.5 Å². The molecule has 2 aromatic heterocycles. The van der Waals surface area contributed by atoms with E-state index in [2.05, 4.69) is 4.98 Å². The van der Waals surface area contributed by atoms with E-state index in [1.807, 2.05) is 18.2 Å². The Morgan fingerprint density at radius 3 is 2.73 bits per heavy atom. The third-order valence-electron chi connectivity index (χ3n) is 4.43. The number of halogens is 1. The van der Waals surface area contributed by atoms with E-state index in [0.29, 0.717) is 54.8 Å². The molecular formula is C19H18ClN3O3. The van der Waals surface area contributed by atoms with Crippen molar-refractivity contribution < 1.29 is 13.9 Å². The van der Waals surface area contributed by atoms with Crippen molar-refractivity contribution in [1.29, 1.82) is 0 Å². The quantitative estimate of drug-likeness (QED) is 0.765. The first kappa shape index (κ1) is 17.0. The summed E-state index contributed by atoms with van der Waals surface area (Å²) >= 11 is 6.33. The SMILES string of the molecule is NCc1cc2cc(-c3ccc(C(=O)N4CCOCC4)cn3)cc(Cl)c2o1. The summed E-state index contributed by atoms with van der Waals surface area (Å²) < 4.78 is 10.9. The molecule has 2 N–H and O–H groups in total. The van der Waals surface area contributed by atoms with Crippen LogP contribution in [-0.2, 0) is 11.3 Å². The summed E-state index contributed by atoms with van der Waals surface area (Å²) in [6.07, 6.45) is 1.60. The number of nitrogens with zero attached hydrogens (tertiary/aromatic N) is 2. The van der Waals surface area contributed by atoms with E-state index in [1.54, 1.807) is 23.2 Å². The standard InChI is InChI=1S/C19H18ClN3O3/c20-16-9-13(7-14-8-15(10-21)26-18(14)16)17-2-1-12(11-22-17)19(24)23-3-5-25-6-4-23/h1-2,7-9,11H,3-6,10,21H2. The molecule has 6 nitrogen and oxygen atoms in total. The molecule has 0 saturated carbocycles. The number of benzene rings is 1. The Hall–Kier alpha value is -2.41. The summed E-state index contributed by atoms with van der Waals surface area (Å²) in [4.78, 5) is 18.7. The molecule has 26 heavy (non-hydrogen) atoms. The predicted octanol–water partition coefficient (Wildman–Crippen LogP) is 3.08. The van der Waals surface area contributed by atoms with Crippen LogP contribution >= 0.6 is 11.6 Å². The number of rotatable bonds is 3. The van der Waals surface area contributed by atoms with E-state index in [4.69, 9.17) is 26.5 Å².